The van der Waals surface area contributed by atoms with E-state index in [2.05, 4.69) is 20.9 Å². The smallest absolute Gasteiger partial charge is 0.238 e. The Bertz CT molecular complexity index is 637. The van der Waals surface area contributed by atoms with Crippen LogP contribution in [0.1, 0.15) is 32.1 Å². The summed E-state index contributed by atoms with van der Waals surface area (Å²) in [5.74, 6) is 2.09. The molecule has 9 heteroatoms. The summed E-state index contributed by atoms with van der Waals surface area (Å²) >= 11 is 1.88. The summed E-state index contributed by atoms with van der Waals surface area (Å²) in [7, 11) is 0. The molecule has 1 unspecified atom stereocenters. The van der Waals surface area contributed by atoms with Crippen LogP contribution in [0.5, 0.6) is 0 Å². The molecule has 1 aromatic carbocycles. The zero-order valence-electron chi connectivity index (χ0n) is 16.7. The summed E-state index contributed by atoms with van der Waals surface area (Å²) in [5, 5.41) is 9.27. The quantitative estimate of drug-likeness (QED) is 0.603. The van der Waals surface area contributed by atoms with Crippen LogP contribution < -0.4 is 16.0 Å². The molecule has 0 radical (unpaired) electrons. The van der Waals surface area contributed by atoms with Gasteiger partial charge in [-0.05, 0) is 44.1 Å². The number of halogens is 2. The minimum atomic E-state index is 0. The third-order valence-corrected chi connectivity index (χ3v) is 6.06. The van der Waals surface area contributed by atoms with E-state index in [1.807, 2.05) is 36.0 Å². The van der Waals surface area contributed by atoms with E-state index in [1.54, 1.807) is 0 Å². The second kappa shape index (κ2) is 14.1. The highest BCUT2D eigenvalue weighted by molar-refractivity contribution is 7.99. The number of rotatable bonds is 6. The summed E-state index contributed by atoms with van der Waals surface area (Å²) in [6.45, 7) is 3.39. The number of anilines is 2. The van der Waals surface area contributed by atoms with Crippen molar-refractivity contribution in [3.05, 3.63) is 24.3 Å². The number of thioether (sulfide) groups is 1. The molecule has 29 heavy (non-hydrogen) atoms. The van der Waals surface area contributed by atoms with Gasteiger partial charge in [0.25, 0.3) is 0 Å². The summed E-state index contributed by atoms with van der Waals surface area (Å²) in [6, 6.07) is 7.62. The normalized spacial score (nSPS) is 19.8. The van der Waals surface area contributed by atoms with Gasteiger partial charge in [0, 0.05) is 41.9 Å². The number of carbonyl (C=O) groups excluding carboxylic acids is 2. The Morgan fingerprint density at radius 3 is 2.31 bits per heavy atom. The van der Waals surface area contributed by atoms with Gasteiger partial charge in [-0.25, -0.2) is 0 Å². The number of hydrogen-bond acceptors (Lipinski definition) is 5. The van der Waals surface area contributed by atoms with Gasteiger partial charge in [-0.2, -0.15) is 11.8 Å². The molecule has 2 saturated heterocycles. The van der Waals surface area contributed by atoms with Crippen LogP contribution in [0.2, 0.25) is 0 Å². The van der Waals surface area contributed by atoms with Crippen LogP contribution in [0.25, 0.3) is 0 Å². The van der Waals surface area contributed by atoms with Crippen LogP contribution in [-0.2, 0) is 9.59 Å². The van der Waals surface area contributed by atoms with Crippen molar-refractivity contribution in [3.63, 3.8) is 0 Å². The molecule has 3 N–H and O–H groups in total. The highest BCUT2D eigenvalue weighted by atomic mass is 35.5. The Morgan fingerprint density at radius 2 is 1.69 bits per heavy atom. The summed E-state index contributed by atoms with van der Waals surface area (Å²) in [5.41, 5.74) is 1.44. The van der Waals surface area contributed by atoms with E-state index in [4.69, 9.17) is 0 Å². The minimum Gasteiger partial charge on any atom is -0.326 e. The Hall–Kier alpha value is -0.990. The summed E-state index contributed by atoms with van der Waals surface area (Å²) < 4.78 is 0. The van der Waals surface area contributed by atoms with Gasteiger partial charge < -0.3 is 16.0 Å². The van der Waals surface area contributed by atoms with Gasteiger partial charge >= 0.3 is 0 Å². The molecule has 0 bridgehead atoms. The fourth-order valence-corrected chi connectivity index (χ4v) is 4.51. The van der Waals surface area contributed by atoms with E-state index in [-0.39, 0.29) is 42.7 Å². The van der Waals surface area contributed by atoms with Crippen molar-refractivity contribution >= 4 is 59.8 Å². The Balaban J connectivity index is 0.00000210. The van der Waals surface area contributed by atoms with Crippen LogP contribution in [0.4, 0.5) is 11.4 Å². The first kappa shape index (κ1) is 26.0. The average molecular weight is 463 g/mol. The zero-order valence-corrected chi connectivity index (χ0v) is 19.1. The first-order chi connectivity index (χ1) is 13.2. The minimum absolute atomic E-state index is 0. The molecular weight excluding hydrogens is 431 g/mol. The van der Waals surface area contributed by atoms with Crippen LogP contribution in [0, 0.1) is 0 Å². The first-order valence-electron chi connectivity index (χ1n) is 9.92. The van der Waals surface area contributed by atoms with E-state index in [0.717, 1.165) is 42.5 Å². The molecule has 6 nitrogen and oxygen atoms in total. The lowest BCUT2D eigenvalue weighted by molar-refractivity contribution is -0.117. The average Bonchev–Trinajstić information content (AvgIpc) is 2.91. The van der Waals surface area contributed by atoms with Crippen molar-refractivity contribution in [1.82, 2.24) is 10.2 Å². The van der Waals surface area contributed by atoms with Crippen molar-refractivity contribution in [3.8, 4) is 0 Å². The first-order valence-corrected chi connectivity index (χ1v) is 11.1. The highest BCUT2D eigenvalue weighted by Gasteiger charge is 2.17. The molecule has 164 valence electrons. The van der Waals surface area contributed by atoms with Gasteiger partial charge in [0.05, 0.1) is 6.54 Å². The number of nitrogens with one attached hydrogen (secondary N) is 3. The molecule has 2 aliphatic heterocycles. The SMILES string of the molecule is Cl.Cl.O=C(CC1CSCCN1)Nc1cccc(NC(=O)CN2CCCCCC2)c1. The number of benzene rings is 1. The lowest BCUT2D eigenvalue weighted by atomic mass is 10.2. The van der Waals surface area contributed by atoms with Crippen molar-refractivity contribution in [2.24, 2.45) is 0 Å². The Labute approximate surface area is 190 Å². The van der Waals surface area contributed by atoms with Crippen LogP contribution in [0.15, 0.2) is 24.3 Å². The maximum absolute atomic E-state index is 12.3. The van der Waals surface area contributed by atoms with Gasteiger partial charge in [-0.15, -0.1) is 24.8 Å². The molecule has 0 aromatic heterocycles. The van der Waals surface area contributed by atoms with Gasteiger partial charge in [0.15, 0.2) is 0 Å². The van der Waals surface area contributed by atoms with Gasteiger partial charge in [0.1, 0.15) is 0 Å². The van der Waals surface area contributed by atoms with Crippen LogP contribution in [-0.4, -0.2) is 60.4 Å². The van der Waals surface area contributed by atoms with Crippen molar-refractivity contribution < 1.29 is 9.59 Å². The molecule has 2 fully saturated rings. The van der Waals surface area contributed by atoms with Gasteiger partial charge in [-0.3, -0.25) is 14.5 Å². The Morgan fingerprint density at radius 1 is 1.03 bits per heavy atom. The standard InChI is InChI=1S/C20H30N4O2S.2ClH/c25-19(13-18-15-27-11-8-21-18)22-16-6-5-7-17(12-16)23-20(26)14-24-9-3-1-2-4-10-24;;/h5-7,12,18,21H,1-4,8-11,13-15H2,(H,22,25)(H,23,26);2*1H. The predicted molar refractivity (Wildman–Crippen MR) is 127 cm³/mol. The van der Waals surface area contributed by atoms with E-state index in [1.165, 1.54) is 25.7 Å². The lowest BCUT2D eigenvalue weighted by Crippen LogP contribution is -2.39. The molecule has 0 aliphatic carbocycles. The van der Waals surface area contributed by atoms with E-state index in [9.17, 15) is 9.59 Å². The summed E-state index contributed by atoms with van der Waals surface area (Å²) in [4.78, 5) is 26.8. The highest BCUT2D eigenvalue weighted by Crippen LogP contribution is 2.17. The van der Waals surface area contributed by atoms with Crippen LogP contribution in [0.3, 0.4) is 0 Å². The number of nitrogens with zero attached hydrogens (tertiary/aromatic N) is 1. The second-order valence-corrected chi connectivity index (χ2v) is 8.45. The van der Waals surface area contributed by atoms with Gasteiger partial charge in [0.2, 0.25) is 11.8 Å². The third-order valence-electron chi connectivity index (χ3n) is 4.93. The summed E-state index contributed by atoms with van der Waals surface area (Å²) in [6.07, 6.45) is 5.33. The molecule has 2 amide bonds. The third kappa shape index (κ3) is 9.57. The van der Waals surface area contributed by atoms with Gasteiger partial charge in [-0.1, -0.05) is 18.9 Å². The fourth-order valence-electron chi connectivity index (χ4n) is 3.56. The van der Waals surface area contributed by atoms with E-state index >= 15 is 0 Å². The second-order valence-electron chi connectivity index (χ2n) is 7.30. The van der Waals surface area contributed by atoms with Crippen molar-refractivity contribution in [1.29, 1.82) is 0 Å². The molecule has 2 heterocycles. The molecule has 2 aliphatic rings. The fraction of sp³-hybridized carbons (Fsp3) is 0.600. The molecule has 0 spiro atoms. The Kier molecular flexibility index (Phi) is 12.7. The number of hydrogen-bond donors (Lipinski definition) is 3. The maximum Gasteiger partial charge on any atom is 0.238 e. The molecule has 0 saturated carbocycles. The maximum atomic E-state index is 12.3. The molecule has 3 rings (SSSR count). The predicted octanol–water partition coefficient (Wildman–Crippen LogP) is 3.38. The lowest BCUT2D eigenvalue weighted by Gasteiger charge is -2.22. The molecular formula is C20H32Cl2N4O2S. The zero-order chi connectivity index (χ0) is 18.9. The van der Waals surface area contributed by atoms with Crippen molar-refractivity contribution in [2.45, 2.75) is 38.1 Å². The van der Waals surface area contributed by atoms with E-state index in [0.29, 0.717) is 13.0 Å². The van der Waals surface area contributed by atoms with Crippen LogP contribution >= 0.6 is 36.6 Å². The number of carbonyl (C=O) groups is 2. The van der Waals surface area contributed by atoms with Crippen molar-refractivity contribution in [2.75, 3.05) is 48.3 Å². The number of likely N-dealkylation sites (tertiary alicyclic amines) is 1. The number of amides is 2. The monoisotopic (exact) mass is 462 g/mol. The topological polar surface area (TPSA) is 73.5 Å². The molecule has 1 aromatic rings. The largest absolute Gasteiger partial charge is 0.326 e. The molecule has 1 atom stereocenters. The van der Waals surface area contributed by atoms with E-state index < -0.39 is 0 Å².